The number of para-hydroxylation sites is 1. The minimum absolute atomic E-state index is 0.0512. The molecular weight excluding hydrogens is 474 g/mol. The summed E-state index contributed by atoms with van der Waals surface area (Å²) in [5.74, 6) is -0.0831. The third-order valence-corrected chi connectivity index (χ3v) is 6.90. The van der Waals surface area contributed by atoms with E-state index in [9.17, 15) is 9.59 Å². The lowest BCUT2D eigenvalue weighted by atomic mass is 9.89. The number of benzene rings is 3. The largest absolute Gasteiger partial charge is 0.404 e. The predicted octanol–water partition coefficient (Wildman–Crippen LogP) is 5.04. The normalized spacial score (nSPS) is 14.1. The number of carbonyl (C=O) groups excluding carboxylic acids is 2. The Kier molecular flexibility index (Phi) is 7.00. The Labute approximate surface area is 221 Å². The monoisotopic (exact) mass is 503 g/mol. The van der Waals surface area contributed by atoms with Gasteiger partial charge in [0.15, 0.2) is 0 Å². The van der Waals surface area contributed by atoms with Crippen LogP contribution < -0.4 is 11.1 Å². The van der Waals surface area contributed by atoms with Crippen LogP contribution in [0.1, 0.15) is 43.5 Å². The molecule has 0 atom stereocenters. The first-order chi connectivity index (χ1) is 18.5. The quantitative estimate of drug-likeness (QED) is 0.360. The van der Waals surface area contributed by atoms with E-state index >= 15 is 0 Å². The zero-order valence-corrected chi connectivity index (χ0v) is 21.4. The maximum Gasteiger partial charge on any atom is 0.274 e. The van der Waals surface area contributed by atoms with E-state index in [1.165, 1.54) is 5.56 Å². The summed E-state index contributed by atoms with van der Waals surface area (Å²) in [5, 5.41) is 3.90. The van der Waals surface area contributed by atoms with Crippen molar-refractivity contribution in [2.75, 3.05) is 25.5 Å². The van der Waals surface area contributed by atoms with Crippen molar-refractivity contribution in [2.45, 2.75) is 12.8 Å². The number of allylic oxidation sites excluding steroid dienone is 1. The molecule has 1 aliphatic rings. The average molecular weight is 504 g/mol. The van der Waals surface area contributed by atoms with Crippen molar-refractivity contribution < 1.29 is 9.59 Å². The lowest BCUT2D eigenvalue weighted by Crippen LogP contribution is -2.48. The van der Waals surface area contributed by atoms with Crippen LogP contribution in [-0.2, 0) is 0 Å². The van der Waals surface area contributed by atoms with Crippen molar-refractivity contribution >= 4 is 40.2 Å². The average Bonchev–Trinajstić information content (AvgIpc) is 2.92. The van der Waals surface area contributed by atoms with Crippen molar-refractivity contribution in [1.82, 2.24) is 9.88 Å². The predicted molar refractivity (Wildman–Crippen MR) is 153 cm³/mol. The van der Waals surface area contributed by atoms with E-state index in [1.54, 1.807) is 37.7 Å². The van der Waals surface area contributed by atoms with Gasteiger partial charge < -0.3 is 16.0 Å². The van der Waals surface area contributed by atoms with Gasteiger partial charge in [0.1, 0.15) is 5.69 Å². The van der Waals surface area contributed by atoms with Gasteiger partial charge in [0, 0.05) is 60.7 Å². The Bertz CT molecular complexity index is 1570. The minimum atomic E-state index is -0.311. The fraction of sp³-hybridized carbons (Fsp3) is 0.161. The molecule has 5 rings (SSSR count). The van der Waals surface area contributed by atoms with E-state index in [0.29, 0.717) is 30.0 Å². The van der Waals surface area contributed by atoms with E-state index < -0.39 is 0 Å². The van der Waals surface area contributed by atoms with Gasteiger partial charge in [0.05, 0.1) is 5.52 Å². The van der Waals surface area contributed by atoms with Crippen LogP contribution in [-0.4, -0.2) is 48.1 Å². The van der Waals surface area contributed by atoms with Gasteiger partial charge in [0.2, 0.25) is 0 Å². The van der Waals surface area contributed by atoms with E-state index in [0.717, 1.165) is 27.6 Å². The smallest absolute Gasteiger partial charge is 0.274 e. The molecule has 0 saturated carbocycles. The molecule has 7 heteroatoms. The number of pyridine rings is 1. The molecule has 0 radical (unpaired) electrons. The second-order valence-electron chi connectivity index (χ2n) is 9.41. The summed E-state index contributed by atoms with van der Waals surface area (Å²) in [6, 6.07) is 24.9. The van der Waals surface area contributed by atoms with Crippen LogP contribution in [0, 0.1) is 6.92 Å². The SMILES string of the molecule is CN=CC(=CN)c1ccc(C2CN(C(=O)c3ccc(C)c(NC(=O)c4ccc5ccccc5n4)c3)C2)cc1. The standard InChI is InChI=1S/C31H29N5O2/c1-20-7-8-24(15-29(20)35-30(37)28-14-13-23-5-3-4-6-27(23)34-28)31(38)36-18-26(19-36)22-11-9-21(10-12-22)25(16-32)17-33-2/h3-17,26H,18-19,32H2,1-2H3,(H,35,37). The maximum absolute atomic E-state index is 13.2. The summed E-state index contributed by atoms with van der Waals surface area (Å²) in [6.45, 7) is 3.19. The fourth-order valence-corrected chi connectivity index (χ4v) is 4.61. The summed E-state index contributed by atoms with van der Waals surface area (Å²) in [6.07, 6.45) is 3.28. The number of nitrogens with two attached hydrogens (primary N) is 1. The first-order valence-electron chi connectivity index (χ1n) is 12.5. The summed E-state index contributed by atoms with van der Waals surface area (Å²) in [5.41, 5.74) is 11.9. The first kappa shape index (κ1) is 24.9. The molecule has 4 aromatic rings. The number of likely N-dealkylation sites (tertiary alicyclic amines) is 1. The third kappa shape index (κ3) is 5.04. The number of nitrogens with zero attached hydrogens (tertiary/aromatic N) is 3. The number of hydrogen-bond acceptors (Lipinski definition) is 5. The van der Waals surface area contributed by atoms with E-state index in [4.69, 9.17) is 5.73 Å². The van der Waals surface area contributed by atoms with Crippen molar-refractivity contribution in [1.29, 1.82) is 0 Å². The van der Waals surface area contributed by atoms with Crippen LogP contribution in [0.15, 0.2) is 90.1 Å². The Balaban J connectivity index is 1.24. The number of nitrogens with one attached hydrogen (secondary N) is 1. The summed E-state index contributed by atoms with van der Waals surface area (Å²) >= 11 is 0. The number of fused-ring (bicyclic) bond motifs is 1. The number of rotatable bonds is 6. The van der Waals surface area contributed by atoms with Crippen LogP contribution in [0.5, 0.6) is 0 Å². The molecule has 1 aliphatic heterocycles. The number of anilines is 1. The minimum Gasteiger partial charge on any atom is -0.404 e. The molecule has 0 bridgehead atoms. The zero-order valence-electron chi connectivity index (χ0n) is 21.4. The lowest BCUT2D eigenvalue weighted by molar-refractivity contribution is 0.0602. The van der Waals surface area contributed by atoms with Gasteiger partial charge in [0.25, 0.3) is 11.8 Å². The molecule has 190 valence electrons. The summed E-state index contributed by atoms with van der Waals surface area (Å²) in [4.78, 5) is 36.5. The first-order valence-corrected chi connectivity index (χ1v) is 12.5. The molecule has 1 aromatic heterocycles. The number of aromatic nitrogens is 1. The van der Waals surface area contributed by atoms with Crippen molar-refractivity contribution in [3.8, 4) is 0 Å². The number of hydrogen-bond donors (Lipinski definition) is 2. The molecule has 0 unspecified atom stereocenters. The van der Waals surface area contributed by atoms with Gasteiger partial charge in [-0.3, -0.25) is 14.6 Å². The molecule has 2 heterocycles. The third-order valence-electron chi connectivity index (χ3n) is 6.90. The Morgan fingerprint density at radius 1 is 1.00 bits per heavy atom. The second kappa shape index (κ2) is 10.7. The van der Waals surface area contributed by atoms with Crippen LogP contribution in [0.2, 0.25) is 0 Å². The number of aliphatic imine (C=N–C) groups is 1. The van der Waals surface area contributed by atoms with Crippen molar-refractivity contribution in [2.24, 2.45) is 10.7 Å². The summed E-state index contributed by atoms with van der Waals surface area (Å²) < 4.78 is 0. The zero-order chi connectivity index (χ0) is 26.6. The fourth-order valence-electron chi connectivity index (χ4n) is 4.61. The highest BCUT2D eigenvalue weighted by molar-refractivity contribution is 6.09. The molecule has 38 heavy (non-hydrogen) atoms. The van der Waals surface area contributed by atoms with Gasteiger partial charge in [-0.15, -0.1) is 0 Å². The van der Waals surface area contributed by atoms with Crippen LogP contribution in [0.25, 0.3) is 16.5 Å². The molecular formula is C31H29N5O2. The molecule has 3 aromatic carbocycles. The van der Waals surface area contributed by atoms with Gasteiger partial charge in [-0.2, -0.15) is 0 Å². The van der Waals surface area contributed by atoms with Gasteiger partial charge >= 0.3 is 0 Å². The highest BCUT2D eigenvalue weighted by atomic mass is 16.2. The second-order valence-corrected chi connectivity index (χ2v) is 9.41. The van der Waals surface area contributed by atoms with E-state index in [-0.39, 0.29) is 17.7 Å². The molecule has 1 saturated heterocycles. The maximum atomic E-state index is 13.2. The van der Waals surface area contributed by atoms with Gasteiger partial charge in [-0.25, -0.2) is 4.98 Å². The lowest BCUT2D eigenvalue weighted by Gasteiger charge is -2.39. The molecule has 3 N–H and O–H groups in total. The Morgan fingerprint density at radius 2 is 1.74 bits per heavy atom. The Hall–Kier alpha value is -4.78. The Morgan fingerprint density at radius 3 is 2.47 bits per heavy atom. The van der Waals surface area contributed by atoms with Crippen molar-refractivity contribution in [3.05, 3.63) is 113 Å². The van der Waals surface area contributed by atoms with Gasteiger partial charge in [-0.1, -0.05) is 54.6 Å². The number of aryl methyl sites for hydroxylation is 1. The van der Waals surface area contributed by atoms with E-state index in [2.05, 4.69) is 27.4 Å². The highest BCUT2D eigenvalue weighted by Crippen LogP contribution is 2.30. The summed E-state index contributed by atoms with van der Waals surface area (Å²) in [7, 11) is 1.71. The van der Waals surface area contributed by atoms with Crippen LogP contribution in [0.4, 0.5) is 5.69 Å². The number of carbonyl (C=O) groups is 2. The van der Waals surface area contributed by atoms with Crippen LogP contribution >= 0.6 is 0 Å². The van der Waals surface area contributed by atoms with Crippen LogP contribution in [0.3, 0.4) is 0 Å². The highest BCUT2D eigenvalue weighted by Gasteiger charge is 2.32. The molecule has 2 amide bonds. The molecule has 0 aliphatic carbocycles. The van der Waals surface area contributed by atoms with Gasteiger partial charge in [-0.05, 0) is 47.9 Å². The molecule has 0 spiro atoms. The topological polar surface area (TPSA) is 101 Å². The molecule has 1 fully saturated rings. The number of amides is 2. The van der Waals surface area contributed by atoms with Crippen molar-refractivity contribution in [3.63, 3.8) is 0 Å². The van der Waals surface area contributed by atoms with E-state index in [1.807, 2.05) is 60.4 Å². The molecule has 7 nitrogen and oxygen atoms in total.